The number of halogens is 3. The van der Waals surface area contributed by atoms with Crippen molar-refractivity contribution in [2.45, 2.75) is 6.61 Å². The molecule has 0 aliphatic heterocycles. The lowest BCUT2D eigenvalue weighted by Gasteiger charge is -2.11. The molecule has 166 valence electrons. The number of nitrogens with one attached hydrogen (secondary N) is 1. The molecule has 0 atom stereocenters. The van der Waals surface area contributed by atoms with Gasteiger partial charge in [-0.3, -0.25) is 14.9 Å². The predicted molar refractivity (Wildman–Crippen MR) is 123 cm³/mol. The molecule has 0 radical (unpaired) electrons. The summed E-state index contributed by atoms with van der Waals surface area (Å²) in [7, 11) is 0. The van der Waals surface area contributed by atoms with E-state index >= 15 is 0 Å². The fraction of sp³-hybridized carbons (Fsp3) is 0.0435. The van der Waals surface area contributed by atoms with Crippen LogP contribution in [0.1, 0.15) is 11.1 Å². The van der Waals surface area contributed by atoms with Gasteiger partial charge in [-0.2, -0.15) is 5.26 Å². The number of nitro benzene ring substituents is 1. The molecule has 0 saturated carbocycles. The van der Waals surface area contributed by atoms with Crippen molar-refractivity contribution in [1.82, 2.24) is 0 Å². The van der Waals surface area contributed by atoms with Gasteiger partial charge >= 0.3 is 0 Å². The molecule has 0 spiro atoms. The van der Waals surface area contributed by atoms with E-state index in [0.717, 1.165) is 0 Å². The van der Waals surface area contributed by atoms with Crippen molar-refractivity contribution in [2.75, 3.05) is 5.32 Å². The van der Waals surface area contributed by atoms with Gasteiger partial charge in [-0.1, -0.05) is 47.5 Å². The third kappa shape index (κ3) is 6.07. The molecule has 33 heavy (non-hydrogen) atoms. The van der Waals surface area contributed by atoms with Gasteiger partial charge in [-0.05, 0) is 41.5 Å². The van der Waals surface area contributed by atoms with E-state index in [1.807, 2.05) is 0 Å². The average molecular weight is 486 g/mol. The van der Waals surface area contributed by atoms with Crippen LogP contribution in [0.5, 0.6) is 5.75 Å². The Hall–Kier alpha value is -3.93. The Morgan fingerprint density at radius 3 is 2.48 bits per heavy atom. The third-order valence-corrected chi connectivity index (χ3v) is 4.88. The summed E-state index contributed by atoms with van der Waals surface area (Å²) < 4.78 is 19.4. The molecule has 0 fully saturated rings. The maximum atomic E-state index is 13.8. The van der Waals surface area contributed by atoms with E-state index in [2.05, 4.69) is 5.32 Å². The van der Waals surface area contributed by atoms with Gasteiger partial charge < -0.3 is 10.1 Å². The van der Waals surface area contributed by atoms with Gasteiger partial charge in [0.2, 0.25) is 0 Å². The van der Waals surface area contributed by atoms with E-state index in [0.29, 0.717) is 11.1 Å². The number of hydrogen-bond donors (Lipinski definition) is 1. The van der Waals surface area contributed by atoms with Crippen LogP contribution in [0.3, 0.4) is 0 Å². The Labute approximate surface area is 197 Å². The van der Waals surface area contributed by atoms with Crippen LogP contribution >= 0.6 is 23.2 Å². The van der Waals surface area contributed by atoms with E-state index in [4.69, 9.17) is 27.9 Å². The van der Waals surface area contributed by atoms with Gasteiger partial charge in [0.1, 0.15) is 24.1 Å². The maximum Gasteiger partial charge on any atom is 0.269 e. The van der Waals surface area contributed by atoms with Crippen molar-refractivity contribution in [3.63, 3.8) is 0 Å². The fourth-order valence-electron chi connectivity index (χ4n) is 2.78. The molecule has 7 nitrogen and oxygen atoms in total. The number of rotatable bonds is 7. The molecule has 3 rings (SSSR count). The number of amides is 1. The number of ether oxygens (including phenoxy) is 1. The van der Waals surface area contributed by atoms with Crippen molar-refractivity contribution < 1.29 is 18.8 Å². The van der Waals surface area contributed by atoms with Crippen molar-refractivity contribution >= 4 is 46.6 Å². The van der Waals surface area contributed by atoms with Crippen LogP contribution in [0.2, 0.25) is 10.0 Å². The van der Waals surface area contributed by atoms with E-state index in [1.54, 1.807) is 18.2 Å². The molecule has 0 aromatic heterocycles. The molecule has 1 N–H and O–H groups in total. The fourth-order valence-corrected chi connectivity index (χ4v) is 3.40. The summed E-state index contributed by atoms with van der Waals surface area (Å²) in [6.45, 7) is -0.0230. The van der Waals surface area contributed by atoms with Crippen LogP contribution in [0.25, 0.3) is 6.08 Å². The standard InChI is InChI=1S/C23H14Cl2FN3O4/c24-18-10-15(8-16(12-27)23(30)28-21-7-2-1-6-20(21)26)11-19(25)22(18)33-13-14-4-3-5-17(9-14)29(31)32/h1-11H,13H2,(H,28,30)/b16-8-. The summed E-state index contributed by atoms with van der Waals surface area (Å²) in [4.78, 5) is 22.8. The smallest absolute Gasteiger partial charge is 0.269 e. The van der Waals surface area contributed by atoms with Crippen molar-refractivity contribution in [1.29, 1.82) is 5.26 Å². The first kappa shape index (κ1) is 23.7. The number of nitrogens with zero attached hydrogens (tertiary/aromatic N) is 2. The Kier molecular flexibility index (Phi) is 7.61. The number of carbonyl (C=O) groups excluding carboxylic acids is 1. The number of anilines is 1. The maximum absolute atomic E-state index is 13.8. The third-order valence-electron chi connectivity index (χ3n) is 4.32. The second-order valence-electron chi connectivity index (χ2n) is 6.63. The van der Waals surface area contributed by atoms with Crippen LogP contribution in [0.15, 0.2) is 66.2 Å². The SMILES string of the molecule is N#C/C(=C/c1cc(Cl)c(OCc2cccc([N+](=O)[O-])c2)c(Cl)c1)C(=O)Nc1ccccc1F. The molecule has 0 aliphatic carbocycles. The summed E-state index contributed by atoms with van der Waals surface area (Å²) in [6.07, 6.45) is 1.25. The highest BCUT2D eigenvalue weighted by atomic mass is 35.5. The van der Waals surface area contributed by atoms with Crippen LogP contribution < -0.4 is 10.1 Å². The van der Waals surface area contributed by atoms with Gasteiger partial charge in [0, 0.05) is 12.1 Å². The van der Waals surface area contributed by atoms with Crippen LogP contribution in [0.4, 0.5) is 15.8 Å². The zero-order valence-electron chi connectivity index (χ0n) is 16.7. The van der Waals surface area contributed by atoms with Crippen LogP contribution in [0, 0.1) is 27.3 Å². The number of para-hydroxylation sites is 1. The highest BCUT2D eigenvalue weighted by Gasteiger charge is 2.15. The minimum absolute atomic E-state index is 0.0230. The van der Waals surface area contributed by atoms with Crippen LogP contribution in [-0.4, -0.2) is 10.8 Å². The summed E-state index contributed by atoms with van der Waals surface area (Å²) >= 11 is 12.5. The Balaban J connectivity index is 1.78. The summed E-state index contributed by atoms with van der Waals surface area (Å²) in [5, 5.41) is 22.8. The number of non-ortho nitro benzene ring substituents is 1. The van der Waals surface area contributed by atoms with Crippen molar-refractivity contribution in [2.24, 2.45) is 0 Å². The van der Waals surface area contributed by atoms with Crippen LogP contribution in [-0.2, 0) is 11.4 Å². The number of hydrogen-bond acceptors (Lipinski definition) is 5. The second-order valence-corrected chi connectivity index (χ2v) is 7.45. The van der Waals surface area contributed by atoms with E-state index in [9.17, 15) is 24.6 Å². The normalized spacial score (nSPS) is 10.9. The molecule has 3 aromatic carbocycles. The Morgan fingerprint density at radius 2 is 1.85 bits per heavy atom. The Morgan fingerprint density at radius 1 is 1.15 bits per heavy atom. The largest absolute Gasteiger partial charge is 0.486 e. The molecule has 3 aromatic rings. The summed E-state index contributed by atoms with van der Waals surface area (Å²) in [5.74, 6) is -1.31. The minimum Gasteiger partial charge on any atom is -0.486 e. The lowest BCUT2D eigenvalue weighted by molar-refractivity contribution is -0.384. The lowest BCUT2D eigenvalue weighted by Crippen LogP contribution is -2.14. The highest BCUT2D eigenvalue weighted by Crippen LogP contribution is 2.35. The summed E-state index contributed by atoms with van der Waals surface area (Å²) in [6, 6.07) is 16.1. The number of benzene rings is 3. The molecule has 10 heteroatoms. The van der Waals surface area contributed by atoms with E-state index < -0.39 is 16.6 Å². The Bertz CT molecular complexity index is 1280. The second kappa shape index (κ2) is 10.6. The van der Waals surface area contributed by atoms with Gasteiger partial charge in [-0.15, -0.1) is 0 Å². The van der Waals surface area contributed by atoms with E-state index in [-0.39, 0.29) is 39.3 Å². The molecule has 0 unspecified atom stereocenters. The first-order valence-electron chi connectivity index (χ1n) is 9.31. The van der Waals surface area contributed by atoms with Gasteiger partial charge in [0.05, 0.1) is 20.7 Å². The summed E-state index contributed by atoms with van der Waals surface area (Å²) in [5.41, 5.74) is 0.441. The van der Waals surface area contributed by atoms with Crippen molar-refractivity contribution in [3.05, 3.63) is 103 Å². The minimum atomic E-state index is -0.805. The monoisotopic (exact) mass is 485 g/mol. The zero-order chi connectivity index (χ0) is 24.0. The average Bonchev–Trinajstić information content (AvgIpc) is 2.78. The number of carbonyl (C=O) groups is 1. The zero-order valence-corrected chi connectivity index (χ0v) is 18.2. The molecule has 0 heterocycles. The van der Waals surface area contributed by atoms with Gasteiger partial charge in [0.25, 0.3) is 11.6 Å². The molecular weight excluding hydrogens is 472 g/mol. The molecule has 1 amide bonds. The molecular formula is C23H14Cl2FN3O4. The number of nitriles is 1. The van der Waals surface area contributed by atoms with Gasteiger partial charge in [-0.25, -0.2) is 4.39 Å². The predicted octanol–water partition coefficient (Wildman–Crippen LogP) is 6.17. The molecule has 0 aliphatic rings. The highest BCUT2D eigenvalue weighted by molar-refractivity contribution is 6.37. The first-order valence-corrected chi connectivity index (χ1v) is 10.1. The lowest BCUT2D eigenvalue weighted by atomic mass is 10.1. The quantitative estimate of drug-likeness (QED) is 0.186. The molecule has 0 bridgehead atoms. The topological polar surface area (TPSA) is 105 Å². The number of nitro groups is 1. The van der Waals surface area contributed by atoms with E-state index in [1.165, 1.54) is 54.6 Å². The molecule has 0 saturated heterocycles. The van der Waals surface area contributed by atoms with Crippen molar-refractivity contribution in [3.8, 4) is 11.8 Å². The first-order chi connectivity index (χ1) is 15.8. The van der Waals surface area contributed by atoms with Gasteiger partial charge in [0.15, 0.2) is 5.75 Å².